The number of benzene rings is 1. The van der Waals surface area contributed by atoms with Crippen molar-refractivity contribution >= 4 is 6.21 Å². The fraction of sp³-hybridized carbons (Fsp3) is 0.462. The van der Waals surface area contributed by atoms with Crippen molar-refractivity contribution in [2.75, 3.05) is 20.3 Å². The van der Waals surface area contributed by atoms with E-state index in [1.54, 1.807) is 24.4 Å². The van der Waals surface area contributed by atoms with Crippen LogP contribution >= 0.6 is 0 Å². The lowest BCUT2D eigenvalue weighted by Gasteiger charge is -2.05. The van der Waals surface area contributed by atoms with Gasteiger partial charge in [-0.05, 0) is 36.6 Å². The Kier molecular flexibility index (Phi) is 3.98. The fourth-order valence-corrected chi connectivity index (χ4v) is 1.84. The first-order chi connectivity index (χ1) is 8.29. The predicted molar refractivity (Wildman–Crippen MR) is 66.1 cm³/mol. The van der Waals surface area contributed by atoms with Crippen LogP contribution in [-0.2, 0) is 4.74 Å². The molecule has 92 valence electrons. The summed E-state index contributed by atoms with van der Waals surface area (Å²) in [5.74, 6) is 0.606. The molecular formula is C13H17NO3. The monoisotopic (exact) mass is 235 g/mol. The molecule has 1 aromatic carbocycles. The van der Waals surface area contributed by atoms with Crippen LogP contribution in [0.4, 0.5) is 0 Å². The zero-order valence-corrected chi connectivity index (χ0v) is 9.93. The molecule has 0 saturated carbocycles. The molecule has 0 spiro atoms. The Morgan fingerprint density at radius 1 is 1.59 bits per heavy atom. The third-order valence-electron chi connectivity index (χ3n) is 2.78. The van der Waals surface area contributed by atoms with Gasteiger partial charge >= 0.3 is 0 Å². The number of aromatic hydroxyl groups is 1. The second-order valence-electron chi connectivity index (χ2n) is 4.06. The number of nitrogens with zero attached hydrogens (tertiary/aromatic N) is 1. The lowest BCUT2D eigenvalue weighted by atomic mass is 10.2. The average molecular weight is 235 g/mol. The van der Waals surface area contributed by atoms with Gasteiger partial charge in [-0.1, -0.05) is 0 Å². The van der Waals surface area contributed by atoms with Gasteiger partial charge in [-0.25, -0.2) is 0 Å². The number of hydrogen-bond acceptors (Lipinski definition) is 4. The third-order valence-corrected chi connectivity index (χ3v) is 2.78. The number of hydrogen-bond donors (Lipinski definition) is 1. The van der Waals surface area contributed by atoms with Gasteiger partial charge in [0.1, 0.15) is 0 Å². The molecule has 1 aliphatic heterocycles. The fourth-order valence-electron chi connectivity index (χ4n) is 1.84. The minimum Gasteiger partial charge on any atom is -0.504 e. The standard InChI is InChI=1S/C13H17NO3/c1-16-13-7-10(4-5-12(13)15)8-14-9-11-3-2-6-17-11/h4-5,7-8,11,15H,2-3,6,9H2,1H3. The molecular weight excluding hydrogens is 218 g/mol. The highest BCUT2D eigenvalue weighted by Gasteiger charge is 2.13. The van der Waals surface area contributed by atoms with Gasteiger partial charge in [0.25, 0.3) is 0 Å². The van der Waals surface area contributed by atoms with Crippen LogP contribution in [0.1, 0.15) is 18.4 Å². The molecule has 1 aromatic rings. The zero-order valence-electron chi connectivity index (χ0n) is 9.93. The number of methoxy groups -OCH3 is 1. The Hall–Kier alpha value is -1.55. The summed E-state index contributed by atoms with van der Waals surface area (Å²) >= 11 is 0. The first-order valence-corrected chi connectivity index (χ1v) is 5.78. The first kappa shape index (κ1) is 11.9. The van der Waals surface area contributed by atoms with Crippen molar-refractivity contribution in [3.8, 4) is 11.5 Å². The molecule has 1 saturated heterocycles. The van der Waals surface area contributed by atoms with Crippen LogP contribution in [0, 0.1) is 0 Å². The van der Waals surface area contributed by atoms with E-state index >= 15 is 0 Å². The summed E-state index contributed by atoms with van der Waals surface area (Å²) < 4.78 is 10.5. The van der Waals surface area contributed by atoms with E-state index in [0.717, 1.165) is 25.0 Å². The summed E-state index contributed by atoms with van der Waals surface area (Å²) in [6.07, 6.45) is 4.28. The molecule has 1 unspecified atom stereocenters. The summed E-state index contributed by atoms with van der Waals surface area (Å²) in [7, 11) is 1.53. The molecule has 17 heavy (non-hydrogen) atoms. The van der Waals surface area contributed by atoms with Crippen LogP contribution in [0.2, 0.25) is 0 Å². The third kappa shape index (κ3) is 3.20. The lowest BCUT2D eigenvalue weighted by molar-refractivity contribution is 0.118. The van der Waals surface area contributed by atoms with E-state index in [1.165, 1.54) is 7.11 Å². The minimum absolute atomic E-state index is 0.142. The highest BCUT2D eigenvalue weighted by atomic mass is 16.5. The van der Waals surface area contributed by atoms with Gasteiger partial charge in [0, 0.05) is 12.8 Å². The van der Waals surface area contributed by atoms with Gasteiger partial charge in [-0.3, -0.25) is 4.99 Å². The van der Waals surface area contributed by atoms with Crippen LogP contribution in [0.5, 0.6) is 11.5 Å². The van der Waals surface area contributed by atoms with Crippen molar-refractivity contribution in [1.29, 1.82) is 0 Å². The summed E-state index contributed by atoms with van der Waals surface area (Å²) in [5, 5.41) is 9.44. The van der Waals surface area contributed by atoms with Crippen molar-refractivity contribution < 1.29 is 14.6 Å². The average Bonchev–Trinajstić information content (AvgIpc) is 2.84. The molecule has 1 aliphatic rings. The number of phenolic OH excluding ortho intramolecular Hbond substituents is 1. The maximum atomic E-state index is 9.44. The summed E-state index contributed by atoms with van der Waals surface area (Å²) in [5.41, 5.74) is 0.914. The maximum absolute atomic E-state index is 9.44. The van der Waals surface area contributed by atoms with Crippen molar-refractivity contribution in [2.45, 2.75) is 18.9 Å². The summed E-state index contributed by atoms with van der Waals surface area (Å²) in [6.45, 7) is 1.55. The molecule has 2 rings (SSSR count). The second kappa shape index (κ2) is 5.68. The van der Waals surface area contributed by atoms with E-state index in [9.17, 15) is 5.11 Å². The van der Waals surface area contributed by atoms with Gasteiger partial charge in [0.2, 0.25) is 0 Å². The highest BCUT2D eigenvalue weighted by Crippen LogP contribution is 2.25. The second-order valence-corrected chi connectivity index (χ2v) is 4.06. The van der Waals surface area contributed by atoms with Crippen molar-refractivity contribution in [3.63, 3.8) is 0 Å². The number of phenols is 1. The van der Waals surface area contributed by atoms with Crippen LogP contribution in [0.3, 0.4) is 0 Å². The predicted octanol–water partition coefficient (Wildman–Crippen LogP) is 2.00. The van der Waals surface area contributed by atoms with Crippen LogP contribution in [0.15, 0.2) is 23.2 Å². The largest absolute Gasteiger partial charge is 0.504 e. The quantitative estimate of drug-likeness (QED) is 0.812. The Bertz CT molecular complexity index is 398. The SMILES string of the molecule is COc1cc(C=NCC2CCCO2)ccc1O. The van der Waals surface area contributed by atoms with E-state index in [1.807, 2.05) is 0 Å². The molecule has 0 bridgehead atoms. The van der Waals surface area contributed by atoms with Gasteiger partial charge < -0.3 is 14.6 Å². The van der Waals surface area contributed by atoms with Crippen molar-refractivity contribution in [2.24, 2.45) is 4.99 Å². The Morgan fingerprint density at radius 3 is 3.18 bits per heavy atom. The van der Waals surface area contributed by atoms with E-state index in [4.69, 9.17) is 9.47 Å². The Balaban J connectivity index is 1.95. The number of rotatable bonds is 4. The maximum Gasteiger partial charge on any atom is 0.161 e. The molecule has 1 fully saturated rings. The number of aliphatic imine (C=N–C) groups is 1. The number of ether oxygens (including phenoxy) is 2. The Labute approximate surface area is 101 Å². The van der Waals surface area contributed by atoms with Gasteiger partial charge in [-0.15, -0.1) is 0 Å². The molecule has 1 atom stereocenters. The zero-order chi connectivity index (χ0) is 12.1. The smallest absolute Gasteiger partial charge is 0.161 e. The van der Waals surface area contributed by atoms with E-state index in [2.05, 4.69) is 4.99 Å². The van der Waals surface area contributed by atoms with E-state index in [0.29, 0.717) is 12.3 Å². The van der Waals surface area contributed by atoms with Crippen molar-refractivity contribution in [3.05, 3.63) is 23.8 Å². The van der Waals surface area contributed by atoms with Gasteiger partial charge in [0.05, 0.1) is 19.8 Å². The Morgan fingerprint density at radius 2 is 2.47 bits per heavy atom. The normalized spacial score (nSPS) is 19.9. The topological polar surface area (TPSA) is 51.0 Å². The highest BCUT2D eigenvalue weighted by molar-refractivity contribution is 5.80. The first-order valence-electron chi connectivity index (χ1n) is 5.78. The summed E-state index contributed by atoms with van der Waals surface area (Å²) in [4.78, 5) is 4.34. The lowest BCUT2D eigenvalue weighted by Crippen LogP contribution is -2.08. The molecule has 1 heterocycles. The molecule has 4 nitrogen and oxygen atoms in total. The molecule has 0 aliphatic carbocycles. The molecule has 1 N–H and O–H groups in total. The molecule has 0 radical (unpaired) electrons. The van der Waals surface area contributed by atoms with E-state index < -0.39 is 0 Å². The minimum atomic E-state index is 0.142. The van der Waals surface area contributed by atoms with Gasteiger partial charge in [-0.2, -0.15) is 0 Å². The van der Waals surface area contributed by atoms with Crippen molar-refractivity contribution in [1.82, 2.24) is 0 Å². The summed E-state index contributed by atoms with van der Waals surface area (Å²) in [6, 6.07) is 5.16. The van der Waals surface area contributed by atoms with Crippen LogP contribution < -0.4 is 4.74 Å². The van der Waals surface area contributed by atoms with Gasteiger partial charge in [0.15, 0.2) is 11.5 Å². The molecule has 0 amide bonds. The van der Waals surface area contributed by atoms with E-state index in [-0.39, 0.29) is 11.9 Å². The molecule has 4 heteroatoms. The van der Waals surface area contributed by atoms with Crippen LogP contribution in [0.25, 0.3) is 0 Å². The van der Waals surface area contributed by atoms with Crippen LogP contribution in [-0.4, -0.2) is 37.7 Å². The molecule has 0 aromatic heterocycles.